The summed E-state index contributed by atoms with van der Waals surface area (Å²) in [5.74, 6) is -0.875. The van der Waals surface area contributed by atoms with Crippen LogP contribution < -0.4 is 16.0 Å². The fourth-order valence-electron chi connectivity index (χ4n) is 2.98. The van der Waals surface area contributed by atoms with Crippen LogP contribution >= 0.6 is 0 Å². The number of nitrogens with zero attached hydrogens (tertiary/aromatic N) is 2. The average molecular weight is 472 g/mol. The number of nitrogens with one attached hydrogen (secondary N) is 3. The van der Waals surface area contributed by atoms with Crippen molar-refractivity contribution in [1.29, 1.82) is 0 Å². The number of amides is 3. The lowest BCUT2D eigenvalue weighted by molar-refractivity contribution is -0.144. The average Bonchev–Trinajstić information content (AvgIpc) is 2.91. The van der Waals surface area contributed by atoms with Crippen molar-refractivity contribution in [3.8, 4) is 0 Å². The Balaban J connectivity index is 3.10. The Morgan fingerprint density at radius 1 is 0.939 bits per heavy atom. The van der Waals surface area contributed by atoms with Crippen LogP contribution in [0.25, 0.3) is 0 Å². The maximum absolute atomic E-state index is 12.3. The lowest BCUT2D eigenvalue weighted by Crippen LogP contribution is -2.49. The molecule has 0 aromatic carbocycles. The number of esters is 1. The van der Waals surface area contributed by atoms with Gasteiger partial charge >= 0.3 is 18.2 Å². The Morgan fingerprint density at radius 3 is 1.88 bits per heavy atom. The highest BCUT2D eigenvalue weighted by Gasteiger charge is 2.35. The number of likely N-dealkylation sites (tertiary alicyclic amines) is 1. The van der Waals surface area contributed by atoms with Gasteiger partial charge in [-0.25, -0.2) is 14.6 Å². The molecule has 0 aromatic rings. The zero-order chi connectivity index (χ0) is 25.4. The number of carbonyl (C=O) groups excluding carboxylic acids is 4. The number of rotatable bonds is 5. The molecule has 33 heavy (non-hydrogen) atoms. The van der Waals surface area contributed by atoms with E-state index in [0.717, 1.165) is 0 Å². The molecule has 12 heteroatoms. The second-order valence-electron chi connectivity index (χ2n) is 9.60. The number of ether oxygens (including phenoxy) is 3. The van der Waals surface area contributed by atoms with Crippen LogP contribution in [0.1, 0.15) is 55.4 Å². The van der Waals surface area contributed by atoms with Gasteiger partial charge in [0.2, 0.25) is 11.9 Å². The Hall–Kier alpha value is -2.89. The van der Waals surface area contributed by atoms with Crippen molar-refractivity contribution in [2.75, 3.05) is 26.2 Å². The molecule has 3 amide bonds. The highest BCUT2D eigenvalue weighted by atomic mass is 16.6. The molecule has 0 radical (unpaired) electrons. The third kappa shape index (κ3) is 12.1. The molecule has 12 nitrogen and oxygen atoms in total. The first-order valence-corrected chi connectivity index (χ1v) is 10.8. The van der Waals surface area contributed by atoms with Gasteiger partial charge in [0.25, 0.3) is 0 Å². The molecule has 0 aromatic heterocycles. The summed E-state index contributed by atoms with van der Waals surface area (Å²) in [6, 6.07) is -1.05. The molecule has 1 aliphatic rings. The monoisotopic (exact) mass is 471 g/mol. The van der Waals surface area contributed by atoms with Crippen LogP contribution in [0.5, 0.6) is 0 Å². The number of hydrogen-bond acceptors (Lipinski definition) is 9. The highest BCUT2D eigenvalue weighted by molar-refractivity contribution is 6.01. The van der Waals surface area contributed by atoms with Crippen molar-refractivity contribution < 1.29 is 33.4 Å². The minimum absolute atomic E-state index is 0.0181. The minimum atomic E-state index is -0.824. The maximum atomic E-state index is 12.3. The second kappa shape index (κ2) is 11.8. The Labute approximate surface area is 194 Å². The predicted octanol–water partition coefficient (Wildman–Crippen LogP) is 1.14. The number of hydrogen-bond donors (Lipinski definition) is 3. The van der Waals surface area contributed by atoms with Crippen molar-refractivity contribution >= 4 is 30.0 Å². The van der Waals surface area contributed by atoms with E-state index in [-0.39, 0.29) is 31.6 Å². The van der Waals surface area contributed by atoms with Gasteiger partial charge in [-0.15, -0.1) is 0 Å². The van der Waals surface area contributed by atoms with Gasteiger partial charge in [-0.2, -0.15) is 0 Å². The van der Waals surface area contributed by atoms with Crippen LogP contribution in [0, 0.1) is 0 Å². The van der Waals surface area contributed by atoms with E-state index in [0.29, 0.717) is 6.54 Å². The molecule has 3 N–H and O–H groups in total. The van der Waals surface area contributed by atoms with Crippen LogP contribution in [-0.4, -0.2) is 84.4 Å². The quantitative estimate of drug-likeness (QED) is 0.234. The summed E-state index contributed by atoms with van der Waals surface area (Å²) >= 11 is 0. The molecule has 188 valence electrons. The van der Waals surface area contributed by atoms with E-state index in [9.17, 15) is 19.2 Å². The summed E-state index contributed by atoms with van der Waals surface area (Å²) in [6.07, 6.45) is -1.65. The van der Waals surface area contributed by atoms with E-state index in [2.05, 4.69) is 20.9 Å². The number of alkyl carbamates (subject to hydrolysis) is 2. The lowest BCUT2D eigenvalue weighted by Gasteiger charge is -2.23. The topological polar surface area (TPSA) is 148 Å². The number of guanidine groups is 1. The predicted molar refractivity (Wildman–Crippen MR) is 121 cm³/mol. The van der Waals surface area contributed by atoms with Gasteiger partial charge < -0.3 is 19.5 Å². The first-order chi connectivity index (χ1) is 15.1. The molecule has 1 saturated heterocycles. The second-order valence-corrected chi connectivity index (χ2v) is 9.60. The van der Waals surface area contributed by atoms with Crippen molar-refractivity contribution in [2.45, 2.75) is 78.7 Å². The molecule has 0 spiro atoms. The largest absolute Gasteiger partial charge is 0.465 e. The van der Waals surface area contributed by atoms with Crippen LogP contribution in [0.3, 0.4) is 0 Å². The molecular formula is C21H37N5O7. The van der Waals surface area contributed by atoms with Gasteiger partial charge in [0.15, 0.2) is 0 Å². The molecular weight excluding hydrogens is 434 g/mol. The zero-order valence-electron chi connectivity index (χ0n) is 20.7. The van der Waals surface area contributed by atoms with Crippen LogP contribution in [0.15, 0.2) is 4.99 Å². The molecule has 2 atom stereocenters. The summed E-state index contributed by atoms with van der Waals surface area (Å²) in [4.78, 5) is 54.4. The molecule has 1 aliphatic heterocycles. The maximum Gasteiger partial charge on any atom is 0.414 e. The molecule has 1 heterocycles. The molecule has 0 aliphatic carbocycles. The smallest absolute Gasteiger partial charge is 0.414 e. The SMILES string of the molecule is CCOC(=O)CN1CC(N=C(NC(=O)OC(C)(C)C)NC(=O)OC(C)(C)C)C(NC(C)=O)C1. The van der Waals surface area contributed by atoms with E-state index in [1.165, 1.54) is 6.92 Å². The van der Waals surface area contributed by atoms with E-state index < -0.39 is 41.4 Å². The fraction of sp³-hybridized carbons (Fsp3) is 0.762. The first-order valence-electron chi connectivity index (χ1n) is 10.8. The number of aliphatic imine (C=N–C) groups is 1. The Kier molecular flexibility index (Phi) is 10.1. The van der Waals surface area contributed by atoms with Gasteiger partial charge in [0.05, 0.1) is 25.2 Å². The molecule has 2 unspecified atom stereocenters. The minimum Gasteiger partial charge on any atom is -0.465 e. The number of carbonyl (C=O) groups is 4. The Morgan fingerprint density at radius 2 is 1.45 bits per heavy atom. The van der Waals surface area contributed by atoms with Crippen LogP contribution in [-0.2, 0) is 23.8 Å². The summed E-state index contributed by atoms with van der Waals surface area (Å²) in [7, 11) is 0. The molecule has 0 bridgehead atoms. The van der Waals surface area contributed by atoms with Crippen molar-refractivity contribution in [3.05, 3.63) is 0 Å². The summed E-state index contributed by atoms with van der Waals surface area (Å²) in [6.45, 7) is 14.1. The van der Waals surface area contributed by atoms with Gasteiger partial charge in [0, 0.05) is 20.0 Å². The van der Waals surface area contributed by atoms with E-state index in [4.69, 9.17) is 14.2 Å². The normalized spacial score (nSPS) is 18.7. The van der Waals surface area contributed by atoms with Gasteiger partial charge in [-0.1, -0.05) is 0 Å². The van der Waals surface area contributed by atoms with Crippen LogP contribution in [0.2, 0.25) is 0 Å². The Bertz CT molecular complexity index is 723. The summed E-state index contributed by atoms with van der Waals surface area (Å²) in [5, 5.41) is 7.63. The lowest BCUT2D eigenvalue weighted by atomic mass is 10.2. The van der Waals surface area contributed by atoms with E-state index >= 15 is 0 Å². The van der Waals surface area contributed by atoms with Crippen LogP contribution in [0.4, 0.5) is 9.59 Å². The summed E-state index contributed by atoms with van der Waals surface area (Å²) in [5.41, 5.74) is -1.55. The van der Waals surface area contributed by atoms with E-state index in [1.807, 2.05) is 0 Å². The van der Waals surface area contributed by atoms with Gasteiger partial charge in [-0.05, 0) is 48.5 Å². The highest BCUT2D eigenvalue weighted by Crippen LogP contribution is 2.15. The standard InChI is InChI=1S/C21H37N5O7/c1-9-31-16(28)12-26-10-14(22-13(2)27)15(11-26)23-17(24-18(29)32-20(3,4)5)25-19(30)33-21(6,7)8/h14-15H,9-12H2,1-8H3,(H,22,27)(H2,23,24,25,29,30). The molecule has 1 fully saturated rings. The summed E-state index contributed by atoms with van der Waals surface area (Å²) < 4.78 is 15.5. The molecule has 0 saturated carbocycles. The zero-order valence-corrected chi connectivity index (χ0v) is 20.7. The third-order valence-corrected chi connectivity index (χ3v) is 3.94. The molecule has 1 rings (SSSR count). The fourth-order valence-corrected chi connectivity index (χ4v) is 2.98. The van der Waals surface area contributed by atoms with Crippen molar-refractivity contribution in [3.63, 3.8) is 0 Å². The first kappa shape index (κ1) is 28.1. The van der Waals surface area contributed by atoms with Gasteiger partial charge in [-0.3, -0.25) is 25.1 Å². The van der Waals surface area contributed by atoms with Crippen molar-refractivity contribution in [2.24, 2.45) is 4.99 Å². The van der Waals surface area contributed by atoms with E-state index in [1.54, 1.807) is 53.4 Å². The van der Waals surface area contributed by atoms with Crippen molar-refractivity contribution in [1.82, 2.24) is 20.9 Å². The third-order valence-electron chi connectivity index (χ3n) is 3.94. The van der Waals surface area contributed by atoms with Gasteiger partial charge in [0.1, 0.15) is 11.2 Å².